The van der Waals surface area contributed by atoms with E-state index in [1.165, 1.54) is 18.1 Å². The number of fused-ring (bicyclic) bond motifs is 5. The number of ketones is 1. The predicted molar refractivity (Wildman–Crippen MR) is 139 cm³/mol. The third-order valence-electron chi connectivity index (χ3n) is 6.40. The second-order valence-electron chi connectivity index (χ2n) is 9.15. The van der Waals surface area contributed by atoms with Crippen molar-refractivity contribution in [2.75, 3.05) is 20.8 Å². The van der Waals surface area contributed by atoms with Crippen LogP contribution in [0.15, 0.2) is 66.2 Å². The van der Waals surface area contributed by atoms with Gasteiger partial charge in [-0.1, -0.05) is 17.7 Å². The van der Waals surface area contributed by atoms with Crippen LogP contribution in [0.4, 0.5) is 0 Å². The first-order chi connectivity index (χ1) is 17.3. The van der Waals surface area contributed by atoms with Gasteiger partial charge in [0, 0.05) is 28.8 Å². The Morgan fingerprint density at radius 3 is 2.25 bits per heavy atom. The molecular formula is C30H32O6. The Labute approximate surface area is 212 Å². The van der Waals surface area contributed by atoms with Crippen molar-refractivity contribution in [2.24, 2.45) is 0 Å². The average Bonchev–Trinajstić information content (AvgIpc) is 3.26. The molecule has 36 heavy (non-hydrogen) atoms. The molecule has 1 N–H and O–H groups in total. The van der Waals surface area contributed by atoms with Crippen LogP contribution in [-0.2, 0) is 6.42 Å². The molecule has 188 valence electrons. The summed E-state index contributed by atoms with van der Waals surface area (Å²) in [7, 11) is 3.32. The molecule has 6 heteroatoms. The fraction of sp³-hybridized carbons (Fsp3) is 0.300. The minimum atomic E-state index is 0.00163. The van der Waals surface area contributed by atoms with Gasteiger partial charge in [0.05, 0.1) is 26.7 Å². The number of aromatic hydroxyl groups is 1. The van der Waals surface area contributed by atoms with Gasteiger partial charge in [0.25, 0.3) is 0 Å². The number of ether oxygens (including phenoxy) is 4. The maximum Gasteiger partial charge on any atom is 0.159 e. The lowest BCUT2D eigenvalue weighted by Gasteiger charge is -2.28. The zero-order chi connectivity index (χ0) is 25.8. The maximum atomic E-state index is 11.1. The van der Waals surface area contributed by atoms with Crippen LogP contribution in [0.25, 0.3) is 0 Å². The van der Waals surface area contributed by atoms with Crippen LogP contribution >= 0.6 is 0 Å². The molecule has 2 heterocycles. The van der Waals surface area contributed by atoms with E-state index in [0.29, 0.717) is 18.6 Å². The molecule has 0 aliphatic carbocycles. The van der Waals surface area contributed by atoms with Gasteiger partial charge in [0.1, 0.15) is 34.9 Å². The lowest BCUT2D eigenvalue weighted by Crippen LogP contribution is -2.23. The fourth-order valence-electron chi connectivity index (χ4n) is 4.35. The highest BCUT2D eigenvalue weighted by molar-refractivity contribution is 5.94. The normalized spacial score (nSPS) is 16.6. The molecule has 0 amide bonds. The number of methoxy groups -OCH3 is 2. The van der Waals surface area contributed by atoms with Crippen LogP contribution in [0.3, 0.4) is 0 Å². The molecule has 0 saturated heterocycles. The molecule has 0 fully saturated rings. The number of rotatable bonds is 5. The molecule has 6 nitrogen and oxygen atoms in total. The van der Waals surface area contributed by atoms with Crippen LogP contribution in [0, 0.1) is 0 Å². The van der Waals surface area contributed by atoms with E-state index in [2.05, 4.69) is 6.07 Å². The van der Waals surface area contributed by atoms with E-state index in [1.54, 1.807) is 32.4 Å². The standard InChI is InChI=1S/C17H16O4.C13H16O2/c1-18-10-4-6-13-15(7-10)20-9-14-12-5-3-11(19-2)8-16(12)21-17(13)14;1-9(2)4-5-12-8-11(10(3)14)6-7-13(12)15/h3-8,14,17H,9H2,1-2H3;4,6-8,15H,5H2,1-3H3. The number of Topliss-reactive ketones (excluding diaryl/α,β-unsaturated/α-hetero) is 1. The van der Waals surface area contributed by atoms with Gasteiger partial charge >= 0.3 is 0 Å². The number of carbonyl (C=O) groups excluding carboxylic acids is 1. The van der Waals surface area contributed by atoms with E-state index in [9.17, 15) is 9.90 Å². The molecule has 0 bridgehead atoms. The highest BCUT2D eigenvalue weighted by Gasteiger charge is 2.40. The summed E-state index contributed by atoms with van der Waals surface area (Å²) in [5, 5.41) is 9.59. The van der Waals surface area contributed by atoms with E-state index < -0.39 is 0 Å². The summed E-state index contributed by atoms with van der Waals surface area (Å²) < 4.78 is 22.6. The number of allylic oxidation sites excluding steroid dienone is 2. The molecule has 0 aromatic heterocycles. The Hall–Kier alpha value is -3.93. The number of phenolic OH excluding ortho intramolecular Hbond substituents is 1. The van der Waals surface area contributed by atoms with Crippen LogP contribution < -0.4 is 18.9 Å². The smallest absolute Gasteiger partial charge is 0.159 e. The molecular weight excluding hydrogens is 456 g/mol. The molecule has 3 aromatic carbocycles. The molecule has 2 aliphatic heterocycles. The van der Waals surface area contributed by atoms with Crippen LogP contribution in [-0.4, -0.2) is 31.7 Å². The molecule has 2 atom stereocenters. The number of phenols is 1. The summed E-state index contributed by atoms with van der Waals surface area (Å²) in [5.74, 6) is 3.83. The van der Waals surface area contributed by atoms with E-state index in [0.717, 1.165) is 34.1 Å². The lowest BCUT2D eigenvalue weighted by molar-refractivity contribution is 0.101. The van der Waals surface area contributed by atoms with Crippen molar-refractivity contribution in [1.29, 1.82) is 0 Å². The molecule has 5 rings (SSSR count). The Morgan fingerprint density at radius 2 is 1.61 bits per heavy atom. The van der Waals surface area contributed by atoms with Gasteiger partial charge in [-0.05, 0) is 69.2 Å². The van der Waals surface area contributed by atoms with E-state index in [-0.39, 0.29) is 23.6 Å². The number of hydrogen-bond donors (Lipinski definition) is 1. The first-order valence-electron chi connectivity index (χ1n) is 11.9. The van der Waals surface area contributed by atoms with Crippen molar-refractivity contribution in [1.82, 2.24) is 0 Å². The van der Waals surface area contributed by atoms with Crippen molar-refractivity contribution in [3.63, 3.8) is 0 Å². The predicted octanol–water partition coefficient (Wildman–Crippen LogP) is 6.42. The third kappa shape index (κ3) is 5.33. The first-order valence-corrected chi connectivity index (χ1v) is 11.9. The van der Waals surface area contributed by atoms with Gasteiger partial charge in [-0.3, -0.25) is 4.79 Å². The zero-order valence-corrected chi connectivity index (χ0v) is 21.3. The number of hydrogen-bond acceptors (Lipinski definition) is 6. The summed E-state index contributed by atoms with van der Waals surface area (Å²) in [4.78, 5) is 11.1. The molecule has 0 spiro atoms. The molecule has 3 aromatic rings. The summed E-state index contributed by atoms with van der Waals surface area (Å²) in [6, 6.07) is 16.8. The zero-order valence-electron chi connectivity index (χ0n) is 21.3. The monoisotopic (exact) mass is 488 g/mol. The highest BCUT2D eigenvalue weighted by Crippen LogP contribution is 2.52. The van der Waals surface area contributed by atoms with Crippen LogP contribution in [0.1, 0.15) is 59.8 Å². The van der Waals surface area contributed by atoms with Gasteiger partial charge in [0.15, 0.2) is 5.78 Å². The van der Waals surface area contributed by atoms with Crippen LogP contribution in [0.2, 0.25) is 0 Å². The van der Waals surface area contributed by atoms with Crippen molar-refractivity contribution >= 4 is 5.78 Å². The summed E-state index contributed by atoms with van der Waals surface area (Å²) >= 11 is 0. The third-order valence-corrected chi connectivity index (χ3v) is 6.40. The van der Waals surface area contributed by atoms with Gasteiger partial charge in [0.2, 0.25) is 0 Å². The Morgan fingerprint density at radius 1 is 0.944 bits per heavy atom. The largest absolute Gasteiger partial charge is 0.508 e. The van der Waals surface area contributed by atoms with Gasteiger partial charge in [-0.15, -0.1) is 0 Å². The summed E-state index contributed by atoms with van der Waals surface area (Å²) in [6.07, 6.45) is 2.69. The minimum Gasteiger partial charge on any atom is -0.508 e. The minimum absolute atomic E-state index is 0.00163. The highest BCUT2D eigenvalue weighted by atomic mass is 16.5. The van der Waals surface area contributed by atoms with Crippen molar-refractivity contribution < 1.29 is 28.8 Å². The molecule has 0 saturated carbocycles. The van der Waals surface area contributed by atoms with E-state index >= 15 is 0 Å². The lowest BCUT2D eigenvalue weighted by atomic mass is 9.89. The van der Waals surface area contributed by atoms with Crippen molar-refractivity contribution in [2.45, 2.75) is 39.2 Å². The fourth-order valence-corrected chi connectivity index (χ4v) is 4.35. The second kappa shape index (κ2) is 10.8. The number of benzene rings is 3. The number of carbonyl (C=O) groups is 1. The quantitative estimate of drug-likeness (QED) is 0.330. The van der Waals surface area contributed by atoms with Gasteiger partial charge < -0.3 is 24.1 Å². The Bertz CT molecular complexity index is 1290. The summed E-state index contributed by atoms with van der Waals surface area (Å²) in [6.45, 7) is 6.15. The maximum absolute atomic E-state index is 11.1. The van der Waals surface area contributed by atoms with Crippen LogP contribution in [0.5, 0.6) is 28.7 Å². The van der Waals surface area contributed by atoms with Crippen molar-refractivity contribution in [3.05, 3.63) is 88.5 Å². The van der Waals surface area contributed by atoms with Gasteiger partial charge in [-0.25, -0.2) is 0 Å². The van der Waals surface area contributed by atoms with E-state index in [1.807, 2.05) is 50.3 Å². The SMILES string of the molecule is CC(=O)c1ccc(O)c(CC=C(C)C)c1.COc1ccc2c(c1)OC1c3ccc(OC)cc3OCC21. The van der Waals surface area contributed by atoms with Gasteiger partial charge in [-0.2, -0.15) is 0 Å². The molecule has 0 radical (unpaired) electrons. The van der Waals surface area contributed by atoms with E-state index in [4.69, 9.17) is 18.9 Å². The average molecular weight is 489 g/mol. The molecule has 2 aliphatic rings. The second-order valence-corrected chi connectivity index (χ2v) is 9.15. The first kappa shape index (κ1) is 25.2. The topological polar surface area (TPSA) is 74.2 Å². The van der Waals surface area contributed by atoms with Crippen molar-refractivity contribution in [3.8, 4) is 28.7 Å². The molecule has 2 unspecified atom stereocenters. The Balaban J connectivity index is 0.000000181. The summed E-state index contributed by atoms with van der Waals surface area (Å²) in [5.41, 5.74) is 4.89. The Kier molecular flexibility index (Phi) is 7.53.